The summed E-state index contributed by atoms with van der Waals surface area (Å²) in [6.45, 7) is -0.111. The standard InChI is InChI=1S/C20H13Cl3FNO4S/c21-14-4-8-16(22)18(10-14)25-30(27,28)19-9-13(3-7-17(19)23)20(26)29-11-12-1-5-15(24)6-2-12/h1-10,25H,11H2. The van der Waals surface area contributed by atoms with Crippen LogP contribution >= 0.6 is 34.8 Å². The van der Waals surface area contributed by atoms with Crippen molar-refractivity contribution >= 4 is 56.5 Å². The minimum atomic E-state index is -4.19. The van der Waals surface area contributed by atoms with E-state index in [0.717, 1.165) is 6.07 Å². The highest BCUT2D eigenvalue weighted by atomic mass is 35.5. The fourth-order valence-electron chi connectivity index (χ4n) is 2.42. The maximum Gasteiger partial charge on any atom is 0.338 e. The zero-order chi connectivity index (χ0) is 21.9. The molecular formula is C20H13Cl3FNO4S. The Labute approximate surface area is 187 Å². The minimum absolute atomic E-state index is 0.0286. The summed E-state index contributed by atoms with van der Waals surface area (Å²) in [5, 5.41) is 0.311. The third-order valence-electron chi connectivity index (χ3n) is 3.91. The predicted octanol–water partition coefficient (Wildman–Crippen LogP) is 5.94. The summed E-state index contributed by atoms with van der Waals surface area (Å²) in [6.07, 6.45) is 0. The zero-order valence-electron chi connectivity index (χ0n) is 15.0. The Morgan fingerprint density at radius 2 is 1.60 bits per heavy atom. The van der Waals surface area contributed by atoms with Crippen molar-refractivity contribution in [1.29, 1.82) is 0 Å². The van der Waals surface area contributed by atoms with Crippen LogP contribution in [0.15, 0.2) is 65.6 Å². The van der Waals surface area contributed by atoms with Crippen LogP contribution in [-0.2, 0) is 21.4 Å². The molecule has 0 heterocycles. The molecule has 5 nitrogen and oxygen atoms in total. The molecule has 0 radical (unpaired) electrons. The van der Waals surface area contributed by atoms with E-state index in [0.29, 0.717) is 5.56 Å². The topological polar surface area (TPSA) is 72.5 Å². The summed E-state index contributed by atoms with van der Waals surface area (Å²) in [6, 6.07) is 13.4. The smallest absolute Gasteiger partial charge is 0.338 e. The first-order chi connectivity index (χ1) is 14.2. The molecule has 156 valence electrons. The molecule has 3 aromatic carbocycles. The lowest BCUT2D eigenvalue weighted by Crippen LogP contribution is -2.15. The van der Waals surface area contributed by atoms with Crippen LogP contribution in [0.4, 0.5) is 10.1 Å². The van der Waals surface area contributed by atoms with Gasteiger partial charge in [0.15, 0.2) is 0 Å². The molecule has 0 amide bonds. The lowest BCUT2D eigenvalue weighted by atomic mass is 10.2. The van der Waals surface area contributed by atoms with E-state index in [9.17, 15) is 17.6 Å². The van der Waals surface area contributed by atoms with Crippen molar-refractivity contribution in [2.45, 2.75) is 11.5 Å². The van der Waals surface area contributed by atoms with Gasteiger partial charge in [-0.3, -0.25) is 4.72 Å². The molecule has 3 rings (SSSR count). The number of carbonyl (C=O) groups excluding carboxylic acids is 1. The number of benzene rings is 3. The van der Waals surface area contributed by atoms with Gasteiger partial charge in [0.25, 0.3) is 10.0 Å². The molecule has 0 fully saturated rings. The third kappa shape index (κ3) is 5.43. The molecular weight excluding hydrogens is 476 g/mol. The van der Waals surface area contributed by atoms with Crippen molar-refractivity contribution in [1.82, 2.24) is 0 Å². The SMILES string of the molecule is O=C(OCc1ccc(F)cc1)c1ccc(Cl)c(S(=O)(=O)Nc2cc(Cl)ccc2Cl)c1. The van der Waals surface area contributed by atoms with E-state index < -0.39 is 21.8 Å². The monoisotopic (exact) mass is 487 g/mol. The van der Waals surface area contributed by atoms with Crippen molar-refractivity contribution in [3.8, 4) is 0 Å². The highest BCUT2D eigenvalue weighted by molar-refractivity contribution is 7.92. The van der Waals surface area contributed by atoms with Gasteiger partial charge in [0.05, 0.1) is 21.3 Å². The number of hydrogen-bond donors (Lipinski definition) is 1. The molecule has 3 aromatic rings. The molecule has 0 aliphatic heterocycles. The average Bonchev–Trinajstić information content (AvgIpc) is 2.70. The first-order valence-electron chi connectivity index (χ1n) is 8.35. The molecule has 1 N–H and O–H groups in total. The molecule has 0 atom stereocenters. The number of sulfonamides is 1. The summed E-state index contributed by atoms with van der Waals surface area (Å²) >= 11 is 17.9. The number of carbonyl (C=O) groups is 1. The Bertz CT molecular complexity index is 1200. The fourth-order valence-corrected chi connectivity index (χ4v) is 4.41. The molecule has 0 aliphatic carbocycles. The van der Waals surface area contributed by atoms with Gasteiger partial charge in [0.2, 0.25) is 0 Å². The van der Waals surface area contributed by atoms with E-state index in [1.807, 2.05) is 0 Å². The normalized spacial score (nSPS) is 11.2. The van der Waals surface area contributed by atoms with Crippen molar-refractivity contribution in [3.63, 3.8) is 0 Å². The second-order valence-corrected chi connectivity index (χ2v) is 8.98. The van der Waals surface area contributed by atoms with Gasteiger partial charge in [0.1, 0.15) is 17.3 Å². The fraction of sp³-hybridized carbons (Fsp3) is 0.0500. The number of ether oxygens (including phenoxy) is 1. The van der Waals surface area contributed by atoms with Gasteiger partial charge in [-0.1, -0.05) is 46.9 Å². The van der Waals surface area contributed by atoms with Crippen molar-refractivity contribution in [2.24, 2.45) is 0 Å². The number of esters is 1. The Balaban J connectivity index is 1.82. The van der Waals surface area contributed by atoms with E-state index >= 15 is 0 Å². The van der Waals surface area contributed by atoms with Gasteiger partial charge in [0, 0.05) is 5.02 Å². The average molecular weight is 489 g/mol. The molecule has 10 heteroatoms. The van der Waals surface area contributed by atoms with Gasteiger partial charge in [-0.15, -0.1) is 0 Å². The molecule has 0 unspecified atom stereocenters. The lowest BCUT2D eigenvalue weighted by molar-refractivity contribution is 0.0472. The highest BCUT2D eigenvalue weighted by Gasteiger charge is 2.22. The second kappa shape index (κ2) is 9.22. The van der Waals surface area contributed by atoms with E-state index in [-0.39, 0.29) is 37.8 Å². The molecule has 0 aromatic heterocycles. The van der Waals surface area contributed by atoms with Gasteiger partial charge in [-0.25, -0.2) is 17.6 Å². The molecule has 0 bridgehead atoms. The molecule has 0 spiro atoms. The lowest BCUT2D eigenvalue weighted by Gasteiger charge is -2.12. The zero-order valence-corrected chi connectivity index (χ0v) is 18.1. The van der Waals surface area contributed by atoms with Gasteiger partial charge >= 0.3 is 5.97 Å². The molecule has 30 heavy (non-hydrogen) atoms. The maximum absolute atomic E-state index is 12.9. The van der Waals surface area contributed by atoms with Crippen molar-refractivity contribution < 1.29 is 22.3 Å². The largest absolute Gasteiger partial charge is 0.457 e. The van der Waals surface area contributed by atoms with E-state index in [1.54, 1.807) is 0 Å². The van der Waals surface area contributed by atoms with E-state index in [2.05, 4.69) is 4.72 Å². The van der Waals surface area contributed by atoms with Crippen LogP contribution in [0.5, 0.6) is 0 Å². The first-order valence-corrected chi connectivity index (χ1v) is 11.0. The Hall–Kier alpha value is -2.32. The van der Waals surface area contributed by atoms with E-state index in [4.69, 9.17) is 39.5 Å². The van der Waals surface area contributed by atoms with Crippen LogP contribution in [0, 0.1) is 5.82 Å². The Morgan fingerprint density at radius 1 is 0.933 bits per heavy atom. The number of rotatable bonds is 6. The van der Waals surface area contributed by atoms with Crippen LogP contribution < -0.4 is 4.72 Å². The predicted molar refractivity (Wildman–Crippen MR) is 114 cm³/mol. The van der Waals surface area contributed by atoms with Crippen LogP contribution in [0.1, 0.15) is 15.9 Å². The van der Waals surface area contributed by atoms with Crippen molar-refractivity contribution in [2.75, 3.05) is 4.72 Å². The molecule has 0 saturated heterocycles. The van der Waals surface area contributed by atoms with Gasteiger partial charge < -0.3 is 4.74 Å². The third-order valence-corrected chi connectivity index (χ3v) is 6.32. The van der Waals surface area contributed by atoms with Crippen LogP contribution in [-0.4, -0.2) is 14.4 Å². The van der Waals surface area contributed by atoms with Gasteiger partial charge in [-0.05, 0) is 54.1 Å². The summed E-state index contributed by atoms with van der Waals surface area (Å²) in [4.78, 5) is 12.0. The van der Waals surface area contributed by atoms with Crippen LogP contribution in [0.2, 0.25) is 15.1 Å². The van der Waals surface area contributed by atoms with Gasteiger partial charge in [-0.2, -0.15) is 0 Å². The summed E-state index contributed by atoms with van der Waals surface area (Å²) < 4.78 is 46.0. The van der Waals surface area contributed by atoms with Crippen LogP contribution in [0.3, 0.4) is 0 Å². The highest BCUT2D eigenvalue weighted by Crippen LogP contribution is 2.30. The summed E-state index contributed by atoms with van der Waals surface area (Å²) in [7, 11) is -4.19. The number of nitrogens with one attached hydrogen (secondary N) is 1. The first kappa shape index (κ1) is 22.4. The minimum Gasteiger partial charge on any atom is -0.457 e. The molecule has 0 aliphatic rings. The van der Waals surface area contributed by atoms with Crippen molar-refractivity contribution in [3.05, 3.63) is 92.7 Å². The van der Waals surface area contributed by atoms with E-state index in [1.165, 1.54) is 54.6 Å². The number of halogens is 4. The van der Waals surface area contributed by atoms with Crippen LogP contribution in [0.25, 0.3) is 0 Å². The Morgan fingerprint density at radius 3 is 2.30 bits per heavy atom. The quantitative estimate of drug-likeness (QED) is 0.436. The number of hydrogen-bond acceptors (Lipinski definition) is 4. The maximum atomic E-state index is 12.9. The molecule has 0 saturated carbocycles. The summed E-state index contributed by atoms with van der Waals surface area (Å²) in [5.74, 6) is -1.18. The summed E-state index contributed by atoms with van der Waals surface area (Å²) in [5.41, 5.74) is 0.604. The Kier molecular flexibility index (Phi) is 6.88. The second-order valence-electron chi connectivity index (χ2n) is 6.08. The number of anilines is 1.